The summed E-state index contributed by atoms with van der Waals surface area (Å²) in [6, 6.07) is 31.6. The van der Waals surface area contributed by atoms with Gasteiger partial charge >= 0.3 is 0 Å². The number of benzene rings is 4. The number of aromatic nitrogens is 3. The van der Waals surface area contributed by atoms with Gasteiger partial charge in [0.15, 0.2) is 0 Å². The molecule has 0 spiro atoms. The summed E-state index contributed by atoms with van der Waals surface area (Å²) >= 11 is 0. The second-order valence-electron chi connectivity index (χ2n) is 11.4. The first kappa shape index (κ1) is 24.9. The molecule has 229 valence electrons. The van der Waals surface area contributed by atoms with Crippen LogP contribution in [0.25, 0.3) is 50.3 Å². The van der Waals surface area contributed by atoms with Crippen molar-refractivity contribution in [3.63, 3.8) is 0 Å². The third-order valence-electron chi connectivity index (χ3n) is 7.52. The van der Waals surface area contributed by atoms with E-state index in [1.807, 2.05) is 6.07 Å². The molecule has 0 N–H and O–H groups in total. The number of fused-ring (bicyclic) bond motifs is 2. The maximum atomic E-state index is 7.28. The van der Waals surface area contributed by atoms with E-state index in [0.29, 0.717) is 17.2 Å². The molecule has 0 saturated heterocycles. The van der Waals surface area contributed by atoms with Crippen LogP contribution in [0.4, 0.5) is 0 Å². The Bertz CT molecular complexity index is 2190. The van der Waals surface area contributed by atoms with Gasteiger partial charge in [-0.2, -0.15) is 0 Å². The molecule has 0 unspecified atom stereocenters. The standard InChI is InChI=1S/C27H25N2O.C13H12N.Ir/c1-17(2)14-20-12-13-21-22(16-30-25(21)15-20)27-28-23-10-5-6-11-24(23)29(27)26-18(3)8-7-9-19(26)4;1-10-3-6-12(7-4-10)13-8-5-11(2)9-14-13;/h5-13,15,17H,14H2,1-4H3;3-6,8-9H,1-2H3;/q2*-1;/i;1D3,2D3;. The van der Waals surface area contributed by atoms with Crippen molar-refractivity contribution in [1.82, 2.24) is 14.5 Å². The topological polar surface area (TPSA) is 43.9 Å². The van der Waals surface area contributed by atoms with Crippen LogP contribution in [0.1, 0.15) is 49.9 Å². The fraction of sp³-hybridized carbons (Fsp3) is 0.200. The molecule has 0 bridgehead atoms. The Hall–Kier alpha value is -4.31. The first-order valence-electron chi connectivity index (χ1n) is 17.7. The predicted molar refractivity (Wildman–Crippen MR) is 181 cm³/mol. The van der Waals surface area contributed by atoms with Gasteiger partial charge < -0.3 is 14.0 Å². The Morgan fingerprint density at radius 3 is 2.36 bits per heavy atom. The molecule has 7 rings (SSSR count). The zero-order valence-electron chi connectivity index (χ0n) is 31.6. The van der Waals surface area contributed by atoms with Gasteiger partial charge in [0.2, 0.25) is 0 Å². The number of furan rings is 1. The summed E-state index contributed by atoms with van der Waals surface area (Å²) in [6.45, 7) is 4.42. The molecule has 3 aromatic heterocycles. The smallest absolute Gasteiger partial charge is 0.0774 e. The monoisotopic (exact) mass is 774 g/mol. The fourth-order valence-electron chi connectivity index (χ4n) is 5.50. The number of hydrogen-bond donors (Lipinski definition) is 0. The van der Waals surface area contributed by atoms with Gasteiger partial charge in [-0.15, -0.1) is 41.5 Å². The molecule has 3 heterocycles. The van der Waals surface area contributed by atoms with Gasteiger partial charge in [-0.1, -0.05) is 91.8 Å². The summed E-state index contributed by atoms with van der Waals surface area (Å²) in [5.41, 5.74) is 10.3. The van der Waals surface area contributed by atoms with Crippen LogP contribution in [0.15, 0.2) is 102 Å². The molecule has 0 aliphatic heterocycles. The number of aryl methyl sites for hydroxylation is 4. The second-order valence-corrected chi connectivity index (χ2v) is 11.4. The van der Waals surface area contributed by atoms with Crippen molar-refractivity contribution in [2.75, 3.05) is 0 Å². The van der Waals surface area contributed by atoms with E-state index < -0.39 is 13.7 Å². The molecule has 0 amide bonds. The normalized spacial score (nSPS) is 13.5. The quantitative estimate of drug-likeness (QED) is 0.164. The van der Waals surface area contributed by atoms with Crippen LogP contribution in [0, 0.1) is 45.8 Å². The van der Waals surface area contributed by atoms with Gasteiger partial charge in [-0.25, -0.2) is 0 Å². The predicted octanol–water partition coefficient (Wildman–Crippen LogP) is 10.2. The summed E-state index contributed by atoms with van der Waals surface area (Å²) in [4.78, 5) is 9.08. The van der Waals surface area contributed by atoms with Crippen molar-refractivity contribution in [3.05, 3.63) is 137 Å². The van der Waals surface area contributed by atoms with Crippen LogP contribution in [-0.4, -0.2) is 14.5 Å². The Balaban J connectivity index is 0.000000211. The summed E-state index contributed by atoms with van der Waals surface area (Å²) in [5.74, 6) is 1.47. The molecule has 45 heavy (non-hydrogen) atoms. The molecular formula is C40H37IrN3O-2. The van der Waals surface area contributed by atoms with Crippen LogP contribution >= 0.6 is 0 Å². The first-order chi connectivity index (χ1) is 23.7. The Kier molecular flexibility index (Phi) is 7.63. The summed E-state index contributed by atoms with van der Waals surface area (Å²) in [7, 11) is 0. The number of nitrogens with zero attached hydrogens (tertiary/aromatic N) is 3. The largest absolute Gasteiger partial charge is 0.557 e. The van der Waals surface area contributed by atoms with Crippen molar-refractivity contribution in [2.24, 2.45) is 5.92 Å². The number of rotatable bonds is 5. The van der Waals surface area contributed by atoms with Crippen molar-refractivity contribution >= 4 is 22.0 Å². The summed E-state index contributed by atoms with van der Waals surface area (Å²) in [6.07, 6.45) is 5.50. The van der Waals surface area contributed by atoms with Gasteiger partial charge in [0.25, 0.3) is 0 Å². The second kappa shape index (κ2) is 13.8. The van der Waals surface area contributed by atoms with Crippen molar-refractivity contribution < 1.29 is 32.7 Å². The SMILES string of the molecule is Cc1cccc(C)c1-n1c(-c2[c-]oc3cc(CC(C)C)ccc23)nc2ccccc21.[2H]C([2H])([2H])c1c[c-]c(-c2ccc(C([2H])([2H])[2H])cn2)cc1.[Ir]. The number of hydrogen-bond acceptors (Lipinski definition) is 3. The number of pyridine rings is 1. The Morgan fingerprint density at radius 1 is 0.889 bits per heavy atom. The Morgan fingerprint density at radius 2 is 1.67 bits per heavy atom. The zero-order chi connectivity index (χ0) is 35.8. The molecular weight excluding hydrogens is 731 g/mol. The van der Waals surface area contributed by atoms with Crippen LogP contribution < -0.4 is 0 Å². The number of imidazole rings is 1. The van der Waals surface area contributed by atoms with Crippen LogP contribution in [0.3, 0.4) is 0 Å². The zero-order valence-corrected chi connectivity index (χ0v) is 28.0. The molecule has 0 saturated carbocycles. The van der Waals surface area contributed by atoms with Crippen molar-refractivity contribution in [2.45, 2.75) is 47.8 Å². The molecule has 1 radical (unpaired) electrons. The van der Waals surface area contributed by atoms with Crippen LogP contribution in [-0.2, 0) is 26.5 Å². The average Bonchev–Trinajstić information content (AvgIpc) is 3.65. The minimum atomic E-state index is -2.18. The summed E-state index contributed by atoms with van der Waals surface area (Å²) in [5, 5.41) is 1.05. The molecule has 4 aromatic carbocycles. The van der Waals surface area contributed by atoms with Crippen molar-refractivity contribution in [3.8, 4) is 28.3 Å². The van der Waals surface area contributed by atoms with E-state index in [2.05, 4.69) is 104 Å². The average molecular weight is 774 g/mol. The minimum absolute atomic E-state index is 0. The van der Waals surface area contributed by atoms with E-state index in [1.165, 1.54) is 46.8 Å². The van der Waals surface area contributed by atoms with E-state index in [0.717, 1.165) is 39.8 Å². The first-order valence-corrected chi connectivity index (χ1v) is 14.7. The van der Waals surface area contributed by atoms with E-state index in [9.17, 15) is 0 Å². The van der Waals surface area contributed by atoms with Crippen LogP contribution in [0.5, 0.6) is 0 Å². The molecule has 4 nitrogen and oxygen atoms in total. The molecule has 0 aliphatic carbocycles. The van der Waals surface area contributed by atoms with E-state index >= 15 is 0 Å². The van der Waals surface area contributed by atoms with Gasteiger partial charge in [-0.3, -0.25) is 4.98 Å². The third-order valence-corrected chi connectivity index (χ3v) is 7.52. The van der Waals surface area contributed by atoms with Gasteiger partial charge in [-0.05, 0) is 67.6 Å². The van der Waals surface area contributed by atoms with Gasteiger partial charge in [0, 0.05) is 52.1 Å². The Labute approximate surface area is 288 Å². The van der Waals surface area contributed by atoms with Gasteiger partial charge in [0.05, 0.1) is 16.9 Å². The number of para-hydroxylation sites is 3. The van der Waals surface area contributed by atoms with Crippen molar-refractivity contribution in [1.29, 1.82) is 0 Å². The molecule has 5 heteroatoms. The maximum Gasteiger partial charge on any atom is 0.0774 e. The summed E-state index contributed by atoms with van der Waals surface area (Å²) < 4.78 is 51.8. The molecule has 7 aromatic rings. The van der Waals surface area contributed by atoms with Gasteiger partial charge in [0.1, 0.15) is 0 Å². The minimum Gasteiger partial charge on any atom is -0.557 e. The van der Waals surface area contributed by atoms with Crippen LogP contribution in [0.2, 0.25) is 0 Å². The molecule has 0 atom stereocenters. The molecule has 0 aliphatic rings. The maximum absolute atomic E-state index is 7.28. The molecule has 0 fully saturated rings. The van der Waals surface area contributed by atoms with E-state index in [4.69, 9.17) is 17.6 Å². The third kappa shape index (κ3) is 6.85. The van der Waals surface area contributed by atoms with E-state index in [-0.39, 0.29) is 31.2 Å². The van der Waals surface area contributed by atoms with E-state index in [1.54, 1.807) is 12.1 Å². The fourth-order valence-corrected chi connectivity index (χ4v) is 5.50.